The van der Waals surface area contributed by atoms with Crippen LogP contribution in [0.25, 0.3) is 0 Å². The van der Waals surface area contributed by atoms with E-state index in [0.29, 0.717) is 12.1 Å². The fourth-order valence-electron chi connectivity index (χ4n) is 1.66. The van der Waals surface area contributed by atoms with Crippen LogP contribution in [0.2, 0.25) is 0 Å². The summed E-state index contributed by atoms with van der Waals surface area (Å²) in [5.74, 6) is -1.05. The second-order valence-corrected chi connectivity index (χ2v) is 4.54. The lowest BCUT2D eigenvalue weighted by atomic mass is 10.1. The molecule has 1 aromatic rings. The topological polar surface area (TPSA) is 98.5 Å². The molecule has 0 saturated heterocycles. The lowest BCUT2D eigenvalue weighted by Gasteiger charge is -2.06. The number of nitro groups is 1. The van der Waals surface area contributed by atoms with Gasteiger partial charge in [0.2, 0.25) is 0 Å². The molecule has 0 saturated carbocycles. The summed E-state index contributed by atoms with van der Waals surface area (Å²) in [6, 6.07) is 3.92. The number of unbranched alkanes of at least 4 members (excludes halogenated alkanes) is 1. The second kappa shape index (κ2) is 7.98. The van der Waals surface area contributed by atoms with Crippen molar-refractivity contribution >= 4 is 17.6 Å². The normalized spacial score (nSPS) is 10.0. The zero-order valence-electron chi connectivity index (χ0n) is 12.0. The summed E-state index contributed by atoms with van der Waals surface area (Å²) in [7, 11) is 0. The summed E-state index contributed by atoms with van der Waals surface area (Å²) < 4.78 is 4.86. The number of carbonyl (C=O) groups excluding carboxylic acids is 2. The number of nitro benzene ring substituents is 1. The van der Waals surface area contributed by atoms with Crippen molar-refractivity contribution < 1.29 is 19.2 Å². The number of rotatable bonds is 7. The highest BCUT2D eigenvalue weighted by Gasteiger charge is 2.15. The second-order valence-electron chi connectivity index (χ2n) is 4.54. The minimum atomic E-state index is -0.682. The first-order chi connectivity index (χ1) is 9.95. The third-order valence-corrected chi connectivity index (χ3v) is 2.82. The van der Waals surface area contributed by atoms with Crippen molar-refractivity contribution in [2.75, 3.05) is 13.2 Å². The van der Waals surface area contributed by atoms with E-state index in [0.717, 1.165) is 12.8 Å². The molecular formula is C14H18N2O5. The molecule has 21 heavy (non-hydrogen) atoms. The molecule has 0 radical (unpaired) electrons. The molecule has 7 nitrogen and oxygen atoms in total. The van der Waals surface area contributed by atoms with E-state index in [4.69, 9.17) is 4.74 Å². The molecule has 1 rings (SSSR count). The van der Waals surface area contributed by atoms with Crippen LogP contribution in [0.5, 0.6) is 0 Å². The lowest BCUT2D eigenvalue weighted by Crippen LogP contribution is -2.29. The van der Waals surface area contributed by atoms with Crippen molar-refractivity contribution in [2.45, 2.75) is 26.7 Å². The van der Waals surface area contributed by atoms with Crippen LogP contribution in [0, 0.1) is 17.0 Å². The number of amides is 1. The van der Waals surface area contributed by atoms with Gasteiger partial charge in [-0.15, -0.1) is 0 Å². The molecule has 0 bridgehead atoms. The molecule has 1 aromatic carbocycles. The van der Waals surface area contributed by atoms with Crippen molar-refractivity contribution in [3.8, 4) is 0 Å². The Morgan fingerprint density at radius 3 is 2.67 bits per heavy atom. The number of aryl methyl sites for hydroxylation is 1. The largest absolute Gasteiger partial charge is 0.452 e. The quantitative estimate of drug-likeness (QED) is 0.359. The van der Waals surface area contributed by atoms with Gasteiger partial charge >= 0.3 is 5.97 Å². The van der Waals surface area contributed by atoms with E-state index < -0.39 is 10.9 Å². The number of ether oxygens (including phenoxy) is 1. The highest BCUT2D eigenvalue weighted by molar-refractivity contribution is 5.91. The number of benzene rings is 1. The summed E-state index contributed by atoms with van der Waals surface area (Å²) in [6.07, 6.45) is 1.82. The minimum Gasteiger partial charge on any atom is -0.452 e. The van der Waals surface area contributed by atoms with Gasteiger partial charge in [-0.3, -0.25) is 14.9 Å². The number of hydrogen-bond donors (Lipinski definition) is 1. The van der Waals surface area contributed by atoms with Crippen LogP contribution in [0.1, 0.15) is 35.7 Å². The van der Waals surface area contributed by atoms with Crippen molar-refractivity contribution in [3.63, 3.8) is 0 Å². The van der Waals surface area contributed by atoms with Gasteiger partial charge in [0.1, 0.15) is 0 Å². The summed E-state index contributed by atoms with van der Waals surface area (Å²) in [5.41, 5.74) is 0.477. The number of esters is 1. The molecule has 114 valence electrons. The fraction of sp³-hybridized carbons (Fsp3) is 0.429. The van der Waals surface area contributed by atoms with E-state index in [-0.39, 0.29) is 23.8 Å². The third kappa shape index (κ3) is 5.21. The monoisotopic (exact) mass is 294 g/mol. The molecule has 1 amide bonds. The molecule has 1 N–H and O–H groups in total. The van der Waals surface area contributed by atoms with Gasteiger partial charge < -0.3 is 10.1 Å². The summed E-state index contributed by atoms with van der Waals surface area (Å²) in [5, 5.41) is 13.3. The van der Waals surface area contributed by atoms with Crippen LogP contribution in [0.4, 0.5) is 5.69 Å². The Hall–Kier alpha value is -2.44. The Kier molecular flexibility index (Phi) is 6.32. The molecule has 7 heteroatoms. The molecule has 0 fully saturated rings. The maximum Gasteiger partial charge on any atom is 0.338 e. The highest BCUT2D eigenvalue weighted by Crippen LogP contribution is 2.19. The predicted octanol–water partition coefficient (Wildman–Crippen LogP) is 1.98. The first-order valence-electron chi connectivity index (χ1n) is 6.64. The van der Waals surface area contributed by atoms with Gasteiger partial charge in [0.15, 0.2) is 6.61 Å². The van der Waals surface area contributed by atoms with Gasteiger partial charge in [-0.05, 0) is 25.5 Å². The van der Waals surface area contributed by atoms with Crippen LogP contribution in [0.3, 0.4) is 0 Å². The molecule has 0 unspecified atom stereocenters. The Balaban J connectivity index is 2.54. The Bertz CT molecular complexity index is 542. The van der Waals surface area contributed by atoms with Gasteiger partial charge in [0, 0.05) is 18.2 Å². The standard InChI is InChI=1S/C14H18N2O5/c1-3-4-7-15-13(17)9-21-14(18)11-5-6-12(16(19)20)10(2)8-11/h5-6,8H,3-4,7,9H2,1-2H3,(H,15,17). The molecule has 0 atom stereocenters. The highest BCUT2D eigenvalue weighted by atomic mass is 16.6. The van der Waals surface area contributed by atoms with E-state index in [9.17, 15) is 19.7 Å². The van der Waals surface area contributed by atoms with E-state index in [1.807, 2.05) is 6.92 Å². The Labute approximate surface area is 122 Å². The predicted molar refractivity (Wildman–Crippen MR) is 76.0 cm³/mol. The van der Waals surface area contributed by atoms with Gasteiger partial charge in [-0.25, -0.2) is 4.79 Å². The fourth-order valence-corrected chi connectivity index (χ4v) is 1.66. The summed E-state index contributed by atoms with van der Waals surface area (Å²) in [4.78, 5) is 33.3. The Morgan fingerprint density at radius 2 is 2.10 bits per heavy atom. The van der Waals surface area contributed by atoms with Crippen molar-refractivity contribution in [1.82, 2.24) is 5.32 Å². The zero-order valence-corrected chi connectivity index (χ0v) is 12.0. The first-order valence-corrected chi connectivity index (χ1v) is 6.64. The number of carbonyl (C=O) groups is 2. The molecule has 0 aliphatic heterocycles. The number of hydrogen-bond acceptors (Lipinski definition) is 5. The third-order valence-electron chi connectivity index (χ3n) is 2.82. The van der Waals surface area contributed by atoms with Crippen molar-refractivity contribution in [3.05, 3.63) is 39.4 Å². The molecule has 0 aliphatic rings. The summed E-state index contributed by atoms with van der Waals surface area (Å²) >= 11 is 0. The maximum absolute atomic E-state index is 11.7. The average molecular weight is 294 g/mol. The lowest BCUT2D eigenvalue weighted by molar-refractivity contribution is -0.385. The van der Waals surface area contributed by atoms with Gasteiger partial charge in [0.25, 0.3) is 11.6 Å². The molecule has 0 aromatic heterocycles. The number of nitrogens with zero attached hydrogens (tertiary/aromatic N) is 1. The van der Waals surface area contributed by atoms with Crippen LogP contribution in [-0.2, 0) is 9.53 Å². The van der Waals surface area contributed by atoms with Crippen LogP contribution < -0.4 is 5.32 Å². The zero-order chi connectivity index (χ0) is 15.8. The first kappa shape index (κ1) is 16.6. The minimum absolute atomic E-state index is 0.0659. The van der Waals surface area contributed by atoms with Gasteiger partial charge in [-0.2, -0.15) is 0 Å². The number of nitrogens with one attached hydrogen (secondary N) is 1. The van der Waals surface area contributed by atoms with Crippen LogP contribution in [0.15, 0.2) is 18.2 Å². The van der Waals surface area contributed by atoms with Crippen LogP contribution >= 0.6 is 0 Å². The van der Waals surface area contributed by atoms with E-state index in [2.05, 4.69) is 5.32 Å². The maximum atomic E-state index is 11.7. The molecular weight excluding hydrogens is 276 g/mol. The molecule has 0 aliphatic carbocycles. The summed E-state index contributed by atoms with van der Waals surface area (Å²) in [6.45, 7) is 3.72. The SMILES string of the molecule is CCCCNC(=O)COC(=O)c1ccc([N+](=O)[O-])c(C)c1. The van der Waals surface area contributed by atoms with Crippen LogP contribution in [-0.4, -0.2) is 30.0 Å². The smallest absolute Gasteiger partial charge is 0.338 e. The van der Waals surface area contributed by atoms with Crippen molar-refractivity contribution in [1.29, 1.82) is 0 Å². The Morgan fingerprint density at radius 1 is 1.38 bits per heavy atom. The van der Waals surface area contributed by atoms with E-state index in [1.54, 1.807) is 0 Å². The molecule has 0 spiro atoms. The van der Waals surface area contributed by atoms with E-state index in [1.165, 1.54) is 25.1 Å². The van der Waals surface area contributed by atoms with Gasteiger partial charge in [0.05, 0.1) is 10.5 Å². The van der Waals surface area contributed by atoms with Crippen molar-refractivity contribution in [2.24, 2.45) is 0 Å². The van der Waals surface area contributed by atoms with Gasteiger partial charge in [-0.1, -0.05) is 13.3 Å². The molecule has 0 heterocycles. The van der Waals surface area contributed by atoms with E-state index >= 15 is 0 Å². The average Bonchev–Trinajstić information content (AvgIpc) is 2.44.